The lowest BCUT2D eigenvalue weighted by molar-refractivity contribution is 0.0712. The number of piperidine rings is 1. The van der Waals surface area contributed by atoms with Gasteiger partial charge in [-0.15, -0.1) is 0 Å². The Kier molecular flexibility index (Phi) is 5.83. The number of likely N-dealkylation sites (tertiary alicyclic amines) is 1. The van der Waals surface area contributed by atoms with Crippen LogP contribution in [0.25, 0.3) is 11.4 Å². The smallest absolute Gasteiger partial charge is 0.254 e. The summed E-state index contributed by atoms with van der Waals surface area (Å²) in [5.74, 6) is 1.44. The molecule has 5 heteroatoms. The summed E-state index contributed by atoms with van der Waals surface area (Å²) in [6.45, 7) is 7.77. The number of rotatable bonds is 3. The van der Waals surface area contributed by atoms with E-state index in [2.05, 4.69) is 49.2 Å². The van der Waals surface area contributed by atoms with Gasteiger partial charge in [-0.05, 0) is 75.1 Å². The predicted octanol–water partition coefficient (Wildman–Crippen LogP) is 4.87. The van der Waals surface area contributed by atoms with E-state index in [4.69, 9.17) is 4.98 Å². The van der Waals surface area contributed by atoms with Crippen molar-refractivity contribution in [2.75, 3.05) is 13.1 Å². The number of hydrogen-bond donors (Lipinski definition) is 2. The van der Waals surface area contributed by atoms with Gasteiger partial charge in [0.05, 0.1) is 11.8 Å². The van der Waals surface area contributed by atoms with Gasteiger partial charge in [0.25, 0.3) is 5.91 Å². The minimum absolute atomic E-state index is 0.114. The maximum Gasteiger partial charge on any atom is 0.254 e. The highest BCUT2D eigenvalue weighted by atomic mass is 16.3. The Balaban J connectivity index is 1.35. The number of carbonyl (C=O) groups excluding carboxylic acids is 1. The average Bonchev–Trinajstić information content (AvgIpc) is 3.22. The lowest BCUT2D eigenvalue weighted by atomic mass is 9.88. The minimum atomic E-state index is -0.301. The molecule has 2 aliphatic rings. The monoisotopic (exact) mass is 443 g/mol. The highest BCUT2D eigenvalue weighted by Crippen LogP contribution is 2.32. The van der Waals surface area contributed by atoms with Gasteiger partial charge in [-0.3, -0.25) is 4.79 Å². The maximum atomic E-state index is 13.5. The molecule has 1 aliphatic heterocycles. The maximum absolute atomic E-state index is 13.5. The van der Waals surface area contributed by atoms with Crippen molar-refractivity contribution in [1.82, 2.24) is 14.9 Å². The standard InChI is InChI=1S/C28H33N3O2/c1-17-4-6-20(7-5-17)21-10-12-31(13-11-21)28(33)24-16-23(18(2)14-19(24)3)27-29-25-9-8-22(32)15-26(25)30-27/h4-7,14,16,21-22,32H,8-13,15H2,1-3H3,(H,29,30). The lowest BCUT2D eigenvalue weighted by Crippen LogP contribution is -2.38. The first-order valence-corrected chi connectivity index (χ1v) is 12.1. The number of aromatic amines is 1. The number of amides is 1. The summed E-state index contributed by atoms with van der Waals surface area (Å²) < 4.78 is 0. The molecule has 1 saturated heterocycles. The molecule has 1 amide bonds. The first-order valence-electron chi connectivity index (χ1n) is 12.1. The minimum Gasteiger partial charge on any atom is -0.393 e. The Morgan fingerprint density at radius 1 is 1.03 bits per heavy atom. The van der Waals surface area contributed by atoms with Gasteiger partial charge in [-0.2, -0.15) is 0 Å². The van der Waals surface area contributed by atoms with Crippen LogP contribution in [-0.2, 0) is 12.8 Å². The Morgan fingerprint density at radius 2 is 1.76 bits per heavy atom. The van der Waals surface area contributed by atoms with Crippen LogP contribution in [0.2, 0.25) is 0 Å². The van der Waals surface area contributed by atoms with Crippen LogP contribution in [0.15, 0.2) is 36.4 Å². The molecule has 1 aliphatic carbocycles. The second-order valence-corrected chi connectivity index (χ2v) is 9.87. The summed E-state index contributed by atoms with van der Waals surface area (Å²) in [5, 5.41) is 9.99. The molecule has 1 fully saturated rings. The molecule has 33 heavy (non-hydrogen) atoms. The number of aliphatic hydroxyl groups is 1. The molecule has 1 aromatic heterocycles. The molecule has 5 nitrogen and oxygen atoms in total. The van der Waals surface area contributed by atoms with Crippen molar-refractivity contribution in [3.8, 4) is 11.4 Å². The van der Waals surface area contributed by atoms with E-state index in [1.165, 1.54) is 11.1 Å². The molecule has 0 spiro atoms. The number of imidazole rings is 1. The highest BCUT2D eigenvalue weighted by molar-refractivity contribution is 5.97. The Hall–Kier alpha value is -2.92. The van der Waals surface area contributed by atoms with Crippen molar-refractivity contribution in [2.24, 2.45) is 0 Å². The van der Waals surface area contributed by atoms with Crippen molar-refractivity contribution in [2.45, 2.75) is 64.9 Å². The third kappa shape index (κ3) is 4.34. The normalized spacial score (nSPS) is 18.9. The molecule has 5 rings (SSSR count). The number of hydrogen-bond acceptors (Lipinski definition) is 3. The summed E-state index contributed by atoms with van der Waals surface area (Å²) in [6, 6.07) is 12.9. The van der Waals surface area contributed by atoms with Crippen LogP contribution in [0.3, 0.4) is 0 Å². The van der Waals surface area contributed by atoms with Gasteiger partial charge in [0.2, 0.25) is 0 Å². The number of nitrogens with zero attached hydrogens (tertiary/aromatic N) is 2. The number of aryl methyl sites for hydroxylation is 4. The van der Waals surface area contributed by atoms with Gasteiger partial charge in [0, 0.05) is 36.3 Å². The third-order valence-electron chi connectivity index (χ3n) is 7.41. The van der Waals surface area contributed by atoms with Crippen molar-refractivity contribution < 1.29 is 9.90 Å². The summed E-state index contributed by atoms with van der Waals surface area (Å²) in [7, 11) is 0. The number of aliphatic hydroxyl groups excluding tert-OH is 1. The zero-order valence-corrected chi connectivity index (χ0v) is 19.8. The van der Waals surface area contributed by atoms with Crippen molar-refractivity contribution in [3.63, 3.8) is 0 Å². The Labute approximate surface area is 195 Å². The molecular weight excluding hydrogens is 410 g/mol. The largest absolute Gasteiger partial charge is 0.393 e. The molecule has 2 heterocycles. The van der Waals surface area contributed by atoms with Crippen molar-refractivity contribution >= 4 is 5.91 Å². The van der Waals surface area contributed by atoms with Gasteiger partial charge < -0.3 is 15.0 Å². The van der Waals surface area contributed by atoms with Gasteiger partial charge in [0.15, 0.2) is 0 Å². The molecule has 1 unspecified atom stereocenters. The average molecular weight is 444 g/mol. The number of aromatic nitrogens is 2. The van der Waals surface area contributed by atoms with E-state index in [-0.39, 0.29) is 12.0 Å². The molecule has 0 radical (unpaired) electrons. The first kappa shape index (κ1) is 21.9. The second kappa shape index (κ2) is 8.79. The van der Waals surface area contributed by atoms with Crippen LogP contribution in [0, 0.1) is 20.8 Å². The van der Waals surface area contributed by atoms with Crippen LogP contribution >= 0.6 is 0 Å². The molecule has 2 N–H and O–H groups in total. The zero-order valence-electron chi connectivity index (χ0n) is 19.8. The van der Waals surface area contributed by atoms with E-state index in [1.54, 1.807) is 0 Å². The van der Waals surface area contributed by atoms with Crippen LogP contribution in [0.4, 0.5) is 0 Å². The molecule has 1 atom stereocenters. The fraction of sp³-hybridized carbons (Fsp3) is 0.429. The van der Waals surface area contributed by atoms with E-state index < -0.39 is 0 Å². The molecule has 0 saturated carbocycles. The van der Waals surface area contributed by atoms with Crippen molar-refractivity contribution in [3.05, 3.63) is 75.6 Å². The number of benzene rings is 2. The number of nitrogens with one attached hydrogen (secondary N) is 1. The van der Waals surface area contributed by atoms with E-state index >= 15 is 0 Å². The summed E-state index contributed by atoms with van der Waals surface area (Å²) >= 11 is 0. The second-order valence-electron chi connectivity index (χ2n) is 9.87. The molecule has 3 aromatic rings. The van der Waals surface area contributed by atoms with E-state index in [1.807, 2.05) is 17.9 Å². The van der Waals surface area contributed by atoms with Gasteiger partial charge in [-0.25, -0.2) is 4.98 Å². The molecule has 172 valence electrons. The van der Waals surface area contributed by atoms with Gasteiger partial charge in [0.1, 0.15) is 5.82 Å². The summed E-state index contributed by atoms with van der Waals surface area (Å²) in [4.78, 5) is 23.7. The summed E-state index contributed by atoms with van der Waals surface area (Å²) in [5.41, 5.74) is 8.58. The molecular formula is C28H33N3O2. The quantitative estimate of drug-likeness (QED) is 0.607. The first-order chi connectivity index (χ1) is 15.9. The predicted molar refractivity (Wildman–Crippen MR) is 131 cm³/mol. The van der Waals surface area contributed by atoms with E-state index in [0.29, 0.717) is 12.3 Å². The molecule has 2 aromatic carbocycles. The van der Waals surface area contributed by atoms with Gasteiger partial charge >= 0.3 is 0 Å². The lowest BCUT2D eigenvalue weighted by Gasteiger charge is -2.33. The van der Waals surface area contributed by atoms with E-state index in [9.17, 15) is 9.90 Å². The highest BCUT2D eigenvalue weighted by Gasteiger charge is 2.27. The fourth-order valence-corrected chi connectivity index (χ4v) is 5.35. The summed E-state index contributed by atoms with van der Waals surface area (Å²) in [6.07, 6.45) is 3.87. The number of H-pyrrole nitrogens is 1. The van der Waals surface area contributed by atoms with Crippen LogP contribution in [-0.4, -0.2) is 45.1 Å². The van der Waals surface area contributed by atoms with Crippen LogP contribution in [0.5, 0.6) is 0 Å². The van der Waals surface area contributed by atoms with E-state index in [0.717, 1.165) is 78.2 Å². The fourth-order valence-electron chi connectivity index (χ4n) is 5.35. The number of fused-ring (bicyclic) bond motifs is 1. The Bertz CT molecular complexity index is 1170. The third-order valence-corrected chi connectivity index (χ3v) is 7.41. The SMILES string of the molecule is Cc1ccc(C2CCN(C(=O)c3cc(-c4nc5c([nH]4)CC(O)CC5)c(C)cc3C)CC2)cc1. The van der Waals surface area contributed by atoms with Gasteiger partial charge in [-0.1, -0.05) is 35.9 Å². The van der Waals surface area contributed by atoms with Crippen LogP contribution < -0.4 is 0 Å². The molecule has 0 bridgehead atoms. The van der Waals surface area contributed by atoms with Crippen molar-refractivity contribution in [1.29, 1.82) is 0 Å². The zero-order chi connectivity index (χ0) is 23.1. The Morgan fingerprint density at radius 3 is 2.48 bits per heavy atom. The number of carbonyl (C=O) groups is 1. The van der Waals surface area contributed by atoms with Crippen LogP contribution in [0.1, 0.15) is 69.2 Å². The topological polar surface area (TPSA) is 69.2 Å².